The molecule has 0 spiro atoms. The first-order chi connectivity index (χ1) is 11.7. The number of rotatable bonds is 6. The lowest BCUT2D eigenvalue weighted by atomic mass is 10.2. The van der Waals surface area contributed by atoms with Gasteiger partial charge in [-0.3, -0.25) is 9.52 Å². The Balaban J connectivity index is 2.26. The summed E-state index contributed by atoms with van der Waals surface area (Å²) in [4.78, 5) is 11.9. The summed E-state index contributed by atoms with van der Waals surface area (Å²) in [6.45, 7) is 3.69. The van der Waals surface area contributed by atoms with E-state index in [9.17, 15) is 13.2 Å². The molecule has 0 aliphatic heterocycles. The van der Waals surface area contributed by atoms with E-state index >= 15 is 0 Å². The van der Waals surface area contributed by atoms with Gasteiger partial charge in [-0.2, -0.15) is 0 Å². The molecule has 6 nitrogen and oxygen atoms in total. The van der Waals surface area contributed by atoms with Gasteiger partial charge in [-0.05, 0) is 56.3 Å². The zero-order chi connectivity index (χ0) is 18.6. The van der Waals surface area contributed by atoms with Crippen LogP contribution in [0.25, 0.3) is 0 Å². The van der Waals surface area contributed by atoms with Crippen LogP contribution in [-0.4, -0.2) is 27.5 Å². The minimum atomic E-state index is -3.85. The molecule has 134 valence electrons. The zero-order valence-corrected chi connectivity index (χ0v) is 15.6. The van der Waals surface area contributed by atoms with Crippen LogP contribution in [0.15, 0.2) is 47.4 Å². The molecule has 0 radical (unpaired) electrons. The van der Waals surface area contributed by atoms with Gasteiger partial charge in [0.25, 0.3) is 15.9 Å². The first-order valence-electron chi connectivity index (χ1n) is 7.50. The molecule has 0 aliphatic carbocycles. The Bertz CT molecular complexity index is 865. The van der Waals surface area contributed by atoms with Crippen LogP contribution in [-0.2, 0) is 10.0 Å². The number of benzene rings is 2. The van der Waals surface area contributed by atoms with Gasteiger partial charge in [-0.1, -0.05) is 11.6 Å². The van der Waals surface area contributed by atoms with Crippen LogP contribution in [0.3, 0.4) is 0 Å². The first-order valence-corrected chi connectivity index (χ1v) is 9.36. The van der Waals surface area contributed by atoms with Gasteiger partial charge in [0.15, 0.2) is 0 Å². The molecule has 0 heterocycles. The van der Waals surface area contributed by atoms with Crippen molar-refractivity contribution in [2.75, 3.05) is 11.8 Å². The SMILES string of the molecule is COc1ccc(Cl)cc1NS(=O)(=O)c1ccc(C(=O)NC(C)C)cc1. The van der Waals surface area contributed by atoms with E-state index in [0.717, 1.165) is 0 Å². The van der Waals surface area contributed by atoms with E-state index in [0.29, 0.717) is 16.3 Å². The number of hydrogen-bond acceptors (Lipinski definition) is 4. The lowest BCUT2D eigenvalue weighted by Gasteiger charge is -2.13. The highest BCUT2D eigenvalue weighted by molar-refractivity contribution is 7.92. The first kappa shape index (κ1) is 19.1. The van der Waals surface area contributed by atoms with E-state index in [1.54, 1.807) is 12.1 Å². The average molecular weight is 383 g/mol. The summed E-state index contributed by atoms with van der Waals surface area (Å²) in [7, 11) is -2.41. The van der Waals surface area contributed by atoms with Crippen molar-refractivity contribution in [1.82, 2.24) is 5.32 Å². The summed E-state index contributed by atoms with van der Waals surface area (Å²) in [5.74, 6) is 0.0873. The summed E-state index contributed by atoms with van der Waals surface area (Å²) in [6.07, 6.45) is 0. The molecule has 0 atom stereocenters. The summed E-state index contributed by atoms with van der Waals surface area (Å²) >= 11 is 5.91. The predicted octanol–water partition coefficient (Wildman–Crippen LogP) is 3.29. The Morgan fingerprint density at radius 2 is 1.76 bits per heavy atom. The Labute approximate surface area is 152 Å². The summed E-state index contributed by atoms with van der Waals surface area (Å²) < 4.78 is 32.6. The molecular weight excluding hydrogens is 364 g/mol. The van der Waals surface area contributed by atoms with Crippen LogP contribution in [0.2, 0.25) is 5.02 Å². The molecule has 0 saturated heterocycles. The van der Waals surface area contributed by atoms with Gasteiger partial charge >= 0.3 is 0 Å². The normalized spacial score (nSPS) is 11.2. The third-order valence-corrected chi connectivity index (χ3v) is 4.87. The monoisotopic (exact) mass is 382 g/mol. The van der Waals surface area contributed by atoms with Gasteiger partial charge in [0, 0.05) is 16.6 Å². The molecule has 0 bridgehead atoms. The molecule has 0 saturated carbocycles. The fraction of sp³-hybridized carbons (Fsp3) is 0.235. The lowest BCUT2D eigenvalue weighted by molar-refractivity contribution is 0.0943. The van der Waals surface area contributed by atoms with Gasteiger partial charge in [0.05, 0.1) is 17.7 Å². The smallest absolute Gasteiger partial charge is 0.262 e. The number of nitrogens with one attached hydrogen (secondary N) is 2. The molecule has 2 N–H and O–H groups in total. The van der Waals surface area contributed by atoms with Crippen molar-refractivity contribution in [1.29, 1.82) is 0 Å². The third kappa shape index (κ3) is 4.87. The molecule has 2 rings (SSSR count). The fourth-order valence-corrected chi connectivity index (χ4v) is 3.33. The number of sulfonamides is 1. The fourth-order valence-electron chi connectivity index (χ4n) is 2.09. The number of carbonyl (C=O) groups is 1. The summed E-state index contributed by atoms with van der Waals surface area (Å²) in [6, 6.07) is 10.3. The van der Waals surface area contributed by atoms with Crippen LogP contribution < -0.4 is 14.8 Å². The van der Waals surface area contributed by atoms with Crippen LogP contribution >= 0.6 is 11.6 Å². The molecular formula is C17H19ClN2O4S. The van der Waals surface area contributed by atoms with E-state index < -0.39 is 10.0 Å². The van der Waals surface area contributed by atoms with Crippen LogP contribution in [0.1, 0.15) is 24.2 Å². The van der Waals surface area contributed by atoms with Crippen LogP contribution in [0, 0.1) is 0 Å². The van der Waals surface area contributed by atoms with E-state index in [1.807, 2.05) is 13.8 Å². The number of amides is 1. The van der Waals surface area contributed by atoms with E-state index in [2.05, 4.69) is 10.0 Å². The van der Waals surface area contributed by atoms with E-state index in [-0.39, 0.29) is 22.5 Å². The minimum absolute atomic E-state index is 0.00660. The molecule has 1 amide bonds. The topological polar surface area (TPSA) is 84.5 Å². The van der Waals surface area contributed by atoms with Crippen molar-refractivity contribution < 1.29 is 17.9 Å². The number of methoxy groups -OCH3 is 1. The molecule has 25 heavy (non-hydrogen) atoms. The average Bonchev–Trinajstić information content (AvgIpc) is 2.54. The Kier molecular flexibility index (Phi) is 5.92. The maximum Gasteiger partial charge on any atom is 0.262 e. The number of halogens is 1. The highest BCUT2D eigenvalue weighted by Crippen LogP contribution is 2.29. The van der Waals surface area contributed by atoms with Crippen molar-refractivity contribution in [3.63, 3.8) is 0 Å². The highest BCUT2D eigenvalue weighted by Gasteiger charge is 2.18. The molecule has 2 aromatic rings. The summed E-state index contributed by atoms with van der Waals surface area (Å²) in [5.41, 5.74) is 0.615. The molecule has 0 unspecified atom stereocenters. The van der Waals surface area contributed by atoms with Crippen molar-refractivity contribution in [3.8, 4) is 5.75 Å². The van der Waals surface area contributed by atoms with Gasteiger partial charge < -0.3 is 10.1 Å². The van der Waals surface area contributed by atoms with Crippen LogP contribution in [0.4, 0.5) is 5.69 Å². The van der Waals surface area contributed by atoms with Crippen molar-refractivity contribution in [2.45, 2.75) is 24.8 Å². The zero-order valence-electron chi connectivity index (χ0n) is 14.0. The Hall–Kier alpha value is -2.25. The highest BCUT2D eigenvalue weighted by atomic mass is 35.5. The van der Waals surface area contributed by atoms with Gasteiger partial charge in [0.1, 0.15) is 5.75 Å². The van der Waals surface area contributed by atoms with Gasteiger partial charge in [-0.25, -0.2) is 8.42 Å². The number of ether oxygens (including phenoxy) is 1. The van der Waals surface area contributed by atoms with E-state index in [4.69, 9.17) is 16.3 Å². The molecule has 2 aromatic carbocycles. The third-order valence-electron chi connectivity index (χ3n) is 3.25. The van der Waals surface area contributed by atoms with Crippen LogP contribution in [0.5, 0.6) is 5.75 Å². The largest absolute Gasteiger partial charge is 0.495 e. The molecule has 0 aromatic heterocycles. The minimum Gasteiger partial charge on any atom is -0.495 e. The second kappa shape index (κ2) is 7.76. The van der Waals surface area contributed by atoms with Gasteiger partial charge in [0.2, 0.25) is 0 Å². The maximum atomic E-state index is 12.5. The van der Waals surface area contributed by atoms with Gasteiger partial charge in [-0.15, -0.1) is 0 Å². The quantitative estimate of drug-likeness (QED) is 0.802. The van der Waals surface area contributed by atoms with Crippen molar-refractivity contribution in [2.24, 2.45) is 0 Å². The second-order valence-corrected chi connectivity index (χ2v) is 7.72. The number of carbonyl (C=O) groups excluding carboxylic acids is 1. The molecule has 0 fully saturated rings. The molecule has 0 aliphatic rings. The Morgan fingerprint density at radius 1 is 1.12 bits per heavy atom. The standard InChI is InChI=1S/C17H19ClN2O4S/c1-11(2)19-17(21)12-4-7-14(8-5-12)25(22,23)20-15-10-13(18)6-9-16(15)24-3/h4-11,20H,1-3H3,(H,19,21). The maximum absolute atomic E-state index is 12.5. The lowest BCUT2D eigenvalue weighted by Crippen LogP contribution is -2.30. The Morgan fingerprint density at radius 3 is 2.32 bits per heavy atom. The predicted molar refractivity (Wildman–Crippen MR) is 97.9 cm³/mol. The summed E-state index contributed by atoms with van der Waals surface area (Å²) in [5, 5.41) is 3.12. The molecule has 8 heteroatoms. The van der Waals surface area contributed by atoms with E-state index in [1.165, 1.54) is 37.4 Å². The number of anilines is 1. The van der Waals surface area contributed by atoms with Crippen molar-refractivity contribution in [3.05, 3.63) is 53.1 Å². The second-order valence-electron chi connectivity index (χ2n) is 5.60. The number of hydrogen-bond donors (Lipinski definition) is 2. The van der Waals surface area contributed by atoms with Crippen molar-refractivity contribution >= 4 is 33.2 Å².